The van der Waals surface area contributed by atoms with Crippen molar-refractivity contribution in [1.29, 1.82) is 0 Å². The molecule has 0 saturated carbocycles. The molecule has 0 aromatic heterocycles. The number of aliphatic hydroxyl groups excluding tert-OH is 1. The van der Waals surface area contributed by atoms with Crippen molar-refractivity contribution in [2.24, 2.45) is 5.92 Å². The predicted octanol–water partition coefficient (Wildman–Crippen LogP) is 5.56. The van der Waals surface area contributed by atoms with E-state index in [1.54, 1.807) is 0 Å². The Morgan fingerprint density at radius 1 is 1.08 bits per heavy atom. The molecule has 0 radical (unpaired) electrons. The maximum Gasteiger partial charge on any atom is 0.313 e. The third-order valence-corrected chi connectivity index (χ3v) is 4.94. The summed E-state index contributed by atoms with van der Waals surface area (Å²) in [6.45, 7) is 6.33. The van der Waals surface area contributed by atoms with Crippen LogP contribution < -0.4 is 0 Å². The Morgan fingerprint density at radius 2 is 1.67 bits per heavy atom. The van der Waals surface area contributed by atoms with E-state index in [1.807, 2.05) is 13.8 Å². The van der Waals surface area contributed by atoms with E-state index in [1.165, 1.54) is 56.9 Å². The minimum atomic E-state index is -0.332. The predicted molar refractivity (Wildman–Crippen MR) is 99.9 cm³/mol. The van der Waals surface area contributed by atoms with E-state index in [0.29, 0.717) is 6.42 Å². The van der Waals surface area contributed by atoms with Crippen LogP contribution in [0.1, 0.15) is 97.8 Å². The number of esters is 1. The Bertz CT molecular complexity index is 371. The van der Waals surface area contributed by atoms with Crippen LogP contribution in [0.2, 0.25) is 0 Å². The van der Waals surface area contributed by atoms with Crippen LogP contribution in [-0.4, -0.2) is 23.3 Å². The molecular formula is C21H38O3. The van der Waals surface area contributed by atoms with Crippen molar-refractivity contribution in [1.82, 2.24) is 0 Å². The van der Waals surface area contributed by atoms with Crippen molar-refractivity contribution >= 4 is 5.97 Å². The van der Waals surface area contributed by atoms with Gasteiger partial charge in [-0.2, -0.15) is 0 Å². The molecule has 1 heterocycles. The number of aliphatic hydroxyl groups is 1. The van der Waals surface area contributed by atoms with Crippen LogP contribution >= 0.6 is 0 Å². The van der Waals surface area contributed by atoms with Gasteiger partial charge in [0.2, 0.25) is 0 Å². The van der Waals surface area contributed by atoms with Crippen LogP contribution in [0.25, 0.3) is 0 Å². The molecule has 140 valence electrons. The first-order chi connectivity index (χ1) is 11.5. The van der Waals surface area contributed by atoms with Crippen LogP contribution in [-0.2, 0) is 9.53 Å². The zero-order valence-electron chi connectivity index (χ0n) is 16.1. The second kappa shape index (κ2) is 12.5. The molecule has 1 aliphatic heterocycles. The maximum atomic E-state index is 11.5. The van der Waals surface area contributed by atoms with Crippen molar-refractivity contribution in [3.8, 4) is 0 Å². The lowest BCUT2D eigenvalue weighted by Gasteiger charge is -2.36. The van der Waals surface area contributed by atoms with Gasteiger partial charge in [0.1, 0.15) is 6.10 Å². The number of cyclic esters (lactones) is 1. The number of ether oxygens (including phenoxy) is 1. The fourth-order valence-corrected chi connectivity index (χ4v) is 3.30. The molecule has 0 aromatic carbocycles. The summed E-state index contributed by atoms with van der Waals surface area (Å²) in [5, 5.41) is 10.2. The van der Waals surface area contributed by atoms with E-state index in [4.69, 9.17) is 4.74 Å². The van der Waals surface area contributed by atoms with Gasteiger partial charge in [-0.1, -0.05) is 76.4 Å². The van der Waals surface area contributed by atoms with Gasteiger partial charge >= 0.3 is 5.97 Å². The minimum absolute atomic E-state index is 0.0438. The minimum Gasteiger partial charge on any atom is -0.461 e. The molecule has 0 aromatic rings. The van der Waals surface area contributed by atoms with E-state index in [-0.39, 0.29) is 24.1 Å². The number of hydrogen-bond acceptors (Lipinski definition) is 3. The zero-order chi connectivity index (χ0) is 17.8. The van der Waals surface area contributed by atoms with Crippen LogP contribution in [0.3, 0.4) is 0 Å². The molecule has 0 amide bonds. The highest BCUT2D eigenvalue weighted by molar-refractivity contribution is 5.78. The molecule has 3 heteroatoms. The molecule has 24 heavy (non-hydrogen) atoms. The van der Waals surface area contributed by atoms with Crippen LogP contribution in [0.4, 0.5) is 0 Å². The van der Waals surface area contributed by atoms with Crippen molar-refractivity contribution < 1.29 is 14.6 Å². The molecule has 0 unspecified atom stereocenters. The molecule has 3 atom stereocenters. The van der Waals surface area contributed by atoms with E-state index >= 15 is 0 Å². The highest BCUT2D eigenvalue weighted by atomic mass is 16.6. The summed E-state index contributed by atoms with van der Waals surface area (Å²) < 4.78 is 5.22. The van der Waals surface area contributed by atoms with Crippen molar-refractivity contribution in [3.05, 3.63) is 11.6 Å². The molecule has 0 aliphatic carbocycles. The van der Waals surface area contributed by atoms with Gasteiger partial charge in [-0.15, -0.1) is 0 Å². The molecule has 1 rings (SSSR count). The molecule has 1 fully saturated rings. The van der Waals surface area contributed by atoms with E-state index in [9.17, 15) is 9.90 Å². The number of allylic oxidation sites excluding steroid dienone is 2. The number of hydrogen-bond donors (Lipinski definition) is 1. The SMILES string of the molecule is CCCCCCCCCCC[C@@H](O)C[C@@H]1OC(=O)[C@H]1CC=C(C)C. The fourth-order valence-electron chi connectivity index (χ4n) is 3.30. The number of carbonyl (C=O) groups excluding carboxylic acids is 1. The van der Waals surface area contributed by atoms with Gasteiger partial charge in [0.25, 0.3) is 0 Å². The third kappa shape index (κ3) is 8.86. The standard InChI is InChI=1S/C21H38O3/c1-4-5-6-7-8-9-10-11-12-13-18(22)16-20-19(21(23)24-20)15-14-17(2)3/h14,18-20,22H,4-13,15-16H2,1-3H3/t18-,19+,20+/m1/s1. The van der Waals surface area contributed by atoms with Gasteiger partial charge in [-0.05, 0) is 26.7 Å². The smallest absolute Gasteiger partial charge is 0.313 e. The molecule has 1 aliphatic rings. The fraction of sp³-hybridized carbons (Fsp3) is 0.857. The molecule has 1 saturated heterocycles. The third-order valence-electron chi connectivity index (χ3n) is 4.94. The lowest BCUT2D eigenvalue weighted by Crippen LogP contribution is -2.46. The number of carbonyl (C=O) groups is 1. The Morgan fingerprint density at radius 3 is 2.21 bits per heavy atom. The van der Waals surface area contributed by atoms with Crippen LogP contribution in [0.5, 0.6) is 0 Å². The topological polar surface area (TPSA) is 46.5 Å². The second-order valence-corrected chi connectivity index (χ2v) is 7.61. The molecular weight excluding hydrogens is 300 g/mol. The lowest BCUT2D eigenvalue weighted by molar-refractivity contribution is -0.187. The Labute approximate surface area is 148 Å². The second-order valence-electron chi connectivity index (χ2n) is 7.61. The average Bonchev–Trinajstić information content (AvgIpc) is 2.52. The summed E-state index contributed by atoms with van der Waals surface area (Å²) in [6.07, 6.45) is 15.5. The quantitative estimate of drug-likeness (QED) is 0.256. The summed E-state index contributed by atoms with van der Waals surface area (Å²) in [5.74, 6) is -0.148. The maximum absolute atomic E-state index is 11.5. The van der Waals surface area contributed by atoms with Crippen molar-refractivity contribution in [3.63, 3.8) is 0 Å². The average molecular weight is 339 g/mol. The molecule has 1 N–H and O–H groups in total. The summed E-state index contributed by atoms with van der Waals surface area (Å²) in [6, 6.07) is 0. The summed E-state index contributed by atoms with van der Waals surface area (Å²) in [5.41, 5.74) is 1.23. The van der Waals surface area contributed by atoms with Gasteiger partial charge < -0.3 is 9.84 Å². The van der Waals surface area contributed by atoms with E-state index < -0.39 is 0 Å². The Balaban J connectivity index is 2.02. The van der Waals surface area contributed by atoms with Crippen LogP contribution in [0, 0.1) is 5.92 Å². The lowest BCUT2D eigenvalue weighted by atomic mass is 9.88. The summed E-state index contributed by atoms with van der Waals surface area (Å²) in [4.78, 5) is 11.5. The summed E-state index contributed by atoms with van der Waals surface area (Å²) >= 11 is 0. The first-order valence-corrected chi connectivity index (χ1v) is 10.1. The summed E-state index contributed by atoms with van der Waals surface area (Å²) in [7, 11) is 0. The first kappa shape index (κ1) is 21.2. The molecule has 3 nitrogen and oxygen atoms in total. The highest BCUT2D eigenvalue weighted by Crippen LogP contribution is 2.30. The zero-order valence-corrected chi connectivity index (χ0v) is 16.1. The van der Waals surface area contributed by atoms with Gasteiger partial charge in [0.15, 0.2) is 0 Å². The largest absolute Gasteiger partial charge is 0.461 e. The molecule has 0 spiro atoms. The monoisotopic (exact) mass is 338 g/mol. The Kier molecular flexibility index (Phi) is 11.1. The Hall–Kier alpha value is -0.830. The molecule has 0 bridgehead atoms. The highest BCUT2D eigenvalue weighted by Gasteiger charge is 2.42. The number of rotatable bonds is 14. The number of unbranched alkanes of at least 4 members (excludes halogenated alkanes) is 8. The van der Waals surface area contributed by atoms with Crippen LogP contribution in [0.15, 0.2) is 11.6 Å². The van der Waals surface area contributed by atoms with Gasteiger partial charge in [-0.3, -0.25) is 4.79 Å². The van der Waals surface area contributed by atoms with Gasteiger partial charge in [0.05, 0.1) is 12.0 Å². The van der Waals surface area contributed by atoms with E-state index in [2.05, 4.69) is 13.0 Å². The van der Waals surface area contributed by atoms with Crippen molar-refractivity contribution in [2.75, 3.05) is 0 Å². The van der Waals surface area contributed by atoms with Gasteiger partial charge in [0, 0.05) is 6.42 Å². The van der Waals surface area contributed by atoms with Crippen molar-refractivity contribution in [2.45, 2.75) is 110 Å². The normalized spacial score (nSPS) is 21.1. The van der Waals surface area contributed by atoms with E-state index in [0.717, 1.165) is 19.3 Å². The van der Waals surface area contributed by atoms with Gasteiger partial charge in [-0.25, -0.2) is 0 Å². The first-order valence-electron chi connectivity index (χ1n) is 10.1.